The van der Waals surface area contributed by atoms with Crippen LogP contribution in [-0.2, 0) is 0 Å². The van der Waals surface area contributed by atoms with Crippen LogP contribution in [0.3, 0.4) is 0 Å². The number of hydrogen-bond donors (Lipinski definition) is 2. The predicted octanol–water partition coefficient (Wildman–Crippen LogP) is 3.10. The van der Waals surface area contributed by atoms with E-state index in [0.717, 1.165) is 10.4 Å². The number of halogens is 2. The van der Waals surface area contributed by atoms with E-state index in [1.807, 2.05) is 5.38 Å². The van der Waals surface area contributed by atoms with E-state index in [4.69, 9.17) is 22.2 Å². The first-order chi connectivity index (χ1) is 8.67. The fraction of sp³-hybridized carbons (Fsp3) is 0.167. The van der Waals surface area contributed by atoms with E-state index in [9.17, 15) is 4.39 Å². The highest BCUT2D eigenvalue weighted by Crippen LogP contribution is 2.34. The summed E-state index contributed by atoms with van der Waals surface area (Å²) in [6.45, 7) is 0. The number of hydrogen-bond acceptors (Lipinski definition) is 4. The second-order valence-electron chi connectivity index (χ2n) is 3.63. The minimum Gasteiger partial charge on any atom is -0.494 e. The smallest absolute Gasteiger partial charge is 0.165 e. The molecule has 1 unspecified atom stereocenters. The van der Waals surface area contributed by atoms with Crippen molar-refractivity contribution in [2.45, 2.75) is 6.04 Å². The van der Waals surface area contributed by atoms with Gasteiger partial charge in [-0.25, -0.2) is 9.82 Å². The molecule has 0 bridgehead atoms. The van der Waals surface area contributed by atoms with Crippen LogP contribution in [0.1, 0.15) is 16.5 Å². The summed E-state index contributed by atoms with van der Waals surface area (Å²) in [6.07, 6.45) is 0. The quantitative estimate of drug-likeness (QED) is 0.671. The topological polar surface area (TPSA) is 47.3 Å². The van der Waals surface area contributed by atoms with Gasteiger partial charge in [0.05, 0.1) is 18.2 Å². The Balaban J connectivity index is 2.42. The average molecular weight is 287 g/mol. The first-order valence-electron chi connectivity index (χ1n) is 5.19. The van der Waals surface area contributed by atoms with E-state index < -0.39 is 5.82 Å². The first kappa shape index (κ1) is 13.3. The Hall–Kier alpha value is -1.14. The maximum absolute atomic E-state index is 13.4. The molecule has 0 saturated heterocycles. The Morgan fingerprint density at radius 3 is 2.78 bits per heavy atom. The lowest BCUT2D eigenvalue weighted by Crippen LogP contribution is -2.28. The zero-order valence-corrected chi connectivity index (χ0v) is 11.2. The van der Waals surface area contributed by atoms with Crippen molar-refractivity contribution in [3.63, 3.8) is 0 Å². The number of rotatable bonds is 4. The molecule has 1 aromatic heterocycles. The molecule has 1 aromatic carbocycles. The molecule has 0 spiro atoms. The molecule has 2 rings (SSSR count). The molecule has 0 aliphatic heterocycles. The minimum absolute atomic E-state index is 0.181. The van der Waals surface area contributed by atoms with E-state index in [1.54, 1.807) is 18.2 Å². The third-order valence-electron chi connectivity index (χ3n) is 2.58. The molecule has 3 N–H and O–H groups in total. The number of methoxy groups -OCH3 is 1. The van der Waals surface area contributed by atoms with Crippen LogP contribution in [-0.4, -0.2) is 7.11 Å². The van der Waals surface area contributed by atoms with E-state index in [1.165, 1.54) is 24.5 Å². The largest absolute Gasteiger partial charge is 0.494 e. The van der Waals surface area contributed by atoms with Gasteiger partial charge in [-0.15, -0.1) is 11.3 Å². The molecule has 0 fully saturated rings. The second-order valence-corrected chi connectivity index (χ2v) is 4.98. The Bertz CT molecular complexity index is 547. The molecule has 1 heterocycles. The van der Waals surface area contributed by atoms with Crippen molar-refractivity contribution in [1.29, 1.82) is 0 Å². The predicted molar refractivity (Wildman–Crippen MR) is 71.4 cm³/mol. The molecule has 3 nitrogen and oxygen atoms in total. The normalized spacial score (nSPS) is 12.4. The van der Waals surface area contributed by atoms with Crippen molar-refractivity contribution >= 4 is 22.9 Å². The minimum atomic E-state index is -0.408. The summed E-state index contributed by atoms with van der Waals surface area (Å²) in [5.41, 5.74) is 3.47. The van der Waals surface area contributed by atoms with Crippen LogP contribution in [0.2, 0.25) is 5.02 Å². The molecule has 0 saturated carbocycles. The number of hydrazine groups is 1. The molecule has 0 amide bonds. The van der Waals surface area contributed by atoms with Gasteiger partial charge in [0.15, 0.2) is 11.6 Å². The average Bonchev–Trinajstić information content (AvgIpc) is 2.79. The monoisotopic (exact) mass is 286 g/mol. The number of thiophene rings is 1. The maximum atomic E-state index is 13.4. The van der Waals surface area contributed by atoms with Gasteiger partial charge in [0, 0.05) is 4.88 Å². The Labute approximate surface area is 113 Å². The van der Waals surface area contributed by atoms with Crippen molar-refractivity contribution in [2.24, 2.45) is 5.84 Å². The van der Waals surface area contributed by atoms with Gasteiger partial charge in [-0.2, -0.15) is 0 Å². The molecule has 18 heavy (non-hydrogen) atoms. The summed E-state index contributed by atoms with van der Waals surface area (Å²) in [7, 11) is 1.42. The standard InChI is InChI=1S/C12H12ClFN2OS/c1-17-10-6-7(2-3-9(10)14)11(16-15)12-8(13)4-5-18-12/h2-6,11,16H,15H2,1H3. The lowest BCUT2D eigenvalue weighted by Gasteiger charge is -2.16. The van der Waals surface area contributed by atoms with E-state index in [-0.39, 0.29) is 11.8 Å². The molecular weight excluding hydrogens is 275 g/mol. The van der Waals surface area contributed by atoms with Crippen molar-refractivity contribution in [3.05, 3.63) is 50.9 Å². The second kappa shape index (κ2) is 5.67. The number of benzene rings is 1. The third-order valence-corrected chi connectivity index (χ3v) is 4.01. The molecule has 96 valence electrons. The van der Waals surface area contributed by atoms with Crippen molar-refractivity contribution in [3.8, 4) is 5.75 Å². The highest BCUT2D eigenvalue weighted by atomic mass is 35.5. The van der Waals surface area contributed by atoms with Crippen molar-refractivity contribution in [1.82, 2.24) is 5.43 Å². The molecule has 0 aliphatic rings. The summed E-state index contributed by atoms with van der Waals surface area (Å²) < 4.78 is 18.3. The molecule has 2 aromatic rings. The third kappa shape index (κ3) is 2.49. The van der Waals surface area contributed by atoms with Crippen molar-refractivity contribution < 1.29 is 9.13 Å². The van der Waals surface area contributed by atoms with Crippen LogP contribution >= 0.6 is 22.9 Å². The molecule has 0 aliphatic carbocycles. The van der Waals surface area contributed by atoms with Crippen LogP contribution in [0.5, 0.6) is 5.75 Å². The van der Waals surface area contributed by atoms with Crippen LogP contribution in [0.15, 0.2) is 29.6 Å². The van der Waals surface area contributed by atoms with Crippen LogP contribution in [0.4, 0.5) is 4.39 Å². The van der Waals surface area contributed by atoms with Crippen molar-refractivity contribution in [2.75, 3.05) is 7.11 Å². The summed E-state index contributed by atoms with van der Waals surface area (Å²) >= 11 is 7.56. The lowest BCUT2D eigenvalue weighted by atomic mass is 10.1. The van der Waals surface area contributed by atoms with Gasteiger partial charge < -0.3 is 4.74 Å². The Morgan fingerprint density at radius 1 is 1.44 bits per heavy atom. The fourth-order valence-electron chi connectivity index (χ4n) is 1.69. The van der Waals surface area contributed by atoms with Gasteiger partial charge in [0.25, 0.3) is 0 Å². The Kier molecular flexibility index (Phi) is 4.19. The highest BCUT2D eigenvalue weighted by Gasteiger charge is 2.18. The summed E-state index contributed by atoms with van der Waals surface area (Å²) in [4.78, 5) is 0.882. The van der Waals surface area contributed by atoms with Crippen LogP contribution in [0, 0.1) is 5.82 Å². The van der Waals surface area contributed by atoms with Gasteiger partial charge in [-0.3, -0.25) is 5.84 Å². The lowest BCUT2D eigenvalue weighted by molar-refractivity contribution is 0.385. The SMILES string of the molecule is COc1cc(C(NN)c2sccc2Cl)ccc1F. The van der Waals surface area contributed by atoms with Gasteiger partial charge in [-0.05, 0) is 29.1 Å². The maximum Gasteiger partial charge on any atom is 0.165 e. The summed E-state index contributed by atoms with van der Waals surface area (Å²) in [5.74, 6) is 5.33. The van der Waals surface area contributed by atoms with E-state index in [0.29, 0.717) is 5.02 Å². The zero-order valence-electron chi connectivity index (χ0n) is 9.61. The van der Waals surface area contributed by atoms with Crippen LogP contribution in [0.25, 0.3) is 0 Å². The Morgan fingerprint density at radius 2 is 2.22 bits per heavy atom. The molecule has 6 heteroatoms. The molecule has 1 atom stereocenters. The zero-order chi connectivity index (χ0) is 13.1. The number of nitrogens with two attached hydrogens (primary N) is 1. The van der Waals surface area contributed by atoms with Gasteiger partial charge >= 0.3 is 0 Å². The first-order valence-corrected chi connectivity index (χ1v) is 6.45. The molecular formula is C12H12ClFN2OS. The van der Waals surface area contributed by atoms with Gasteiger partial charge in [0.2, 0.25) is 0 Å². The van der Waals surface area contributed by atoms with E-state index >= 15 is 0 Å². The van der Waals surface area contributed by atoms with Crippen LogP contribution < -0.4 is 16.0 Å². The number of nitrogens with one attached hydrogen (secondary N) is 1. The van der Waals surface area contributed by atoms with E-state index in [2.05, 4.69) is 5.43 Å². The summed E-state index contributed by atoms with van der Waals surface area (Å²) in [5, 5.41) is 2.51. The fourth-order valence-corrected chi connectivity index (χ4v) is 2.94. The van der Waals surface area contributed by atoms with Gasteiger partial charge in [0.1, 0.15) is 0 Å². The number of ether oxygens (including phenoxy) is 1. The van der Waals surface area contributed by atoms with Gasteiger partial charge in [-0.1, -0.05) is 17.7 Å². The summed E-state index contributed by atoms with van der Waals surface area (Å²) in [6, 6.07) is 6.12. The molecule has 0 radical (unpaired) electrons. The highest BCUT2D eigenvalue weighted by molar-refractivity contribution is 7.10.